The summed E-state index contributed by atoms with van der Waals surface area (Å²) in [6.45, 7) is 6.73. The number of carbonyl (C=O) groups is 2. The van der Waals surface area contributed by atoms with Crippen molar-refractivity contribution in [2.45, 2.75) is 45.3 Å². The van der Waals surface area contributed by atoms with Crippen molar-refractivity contribution in [3.05, 3.63) is 18.0 Å². The Labute approximate surface area is 134 Å². The third-order valence-electron chi connectivity index (χ3n) is 3.38. The molecule has 8 heteroatoms. The molecular formula is C15H22N4O4. The standard InChI is InChI=1S/C15H22N4O4/c1-15(2,3)23-14(22)19-6-4-11(5-7-19)18-13-16-8-10(9-17-13)12(20)21/h8-9,11H,4-7H2,1-3H3,(H,20,21)(H,16,17,18). The highest BCUT2D eigenvalue weighted by molar-refractivity contribution is 5.86. The fraction of sp³-hybridized carbons (Fsp3) is 0.600. The topological polar surface area (TPSA) is 105 Å². The van der Waals surface area contributed by atoms with Gasteiger partial charge in [-0.3, -0.25) is 0 Å². The molecule has 1 aromatic rings. The van der Waals surface area contributed by atoms with Crippen LogP contribution in [0, 0.1) is 0 Å². The van der Waals surface area contributed by atoms with E-state index in [2.05, 4.69) is 15.3 Å². The second-order valence-electron chi connectivity index (χ2n) is 6.49. The number of nitrogens with zero attached hydrogens (tertiary/aromatic N) is 3. The van der Waals surface area contributed by atoms with Gasteiger partial charge in [0.1, 0.15) is 5.60 Å². The molecule has 0 spiro atoms. The number of carboxylic acid groups (broad SMARTS) is 1. The van der Waals surface area contributed by atoms with E-state index >= 15 is 0 Å². The van der Waals surface area contributed by atoms with E-state index in [-0.39, 0.29) is 17.7 Å². The Hall–Kier alpha value is -2.38. The van der Waals surface area contributed by atoms with Gasteiger partial charge in [0.25, 0.3) is 0 Å². The molecular weight excluding hydrogens is 300 g/mol. The minimum absolute atomic E-state index is 0.0512. The summed E-state index contributed by atoms with van der Waals surface area (Å²) in [5.74, 6) is -0.659. The molecule has 0 unspecified atom stereocenters. The lowest BCUT2D eigenvalue weighted by Gasteiger charge is -2.33. The Bertz CT molecular complexity index is 560. The van der Waals surface area contributed by atoms with Crippen molar-refractivity contribution in [1.82, 2.24) is 14.9 Å². The maximum absolute atomic E-state index is 12.0. The second-order valence-corrected chi connectivity index (χ2v) is 6.49. The van der Waals surface area contributed by atoms with E-state index in [4.69, 9.17) is 9.84 Å². The zero-order valence-corrected chi connectivity index (χ0v) is 13.6. The number of aromatic carboxylic acids is 1. The van der Waals surface area contributed by atoms with Gasteiger partial charge in [-0.15, -0.1) is 0 Å². The molecule has 0 saturated carbocycles. The van der Waals surface area contributed by atoms with Crippen molar-refractivity contribution in [1.29, 1.82) is 0 Å². The Balaban J connectivity index is 1.82. The number of piperidine rings is 1. The van der Waals surface area contributed by atoms with E-state index in [0.717, 1.165) is 12.8 Å². The quantitative estimate of drug-likeness (QED) is 0.876. The second kappa shape index (κ2) is 6.80. The van der Waals surface area contributed by atoms with E-state index in [1.807, 2.05) is 20.8 Å². The van der Waals surface area contributed by atoms with Crippen molar-refractivity contribution in [2.24, 2.45) is 0 Å². The third-order valence-corrected chi connectivity index (χ3v) is 3.38. The molecule has 1 saturated heterocycles. The summed E-state index contributed by atoms with van der Waals surface area (Å²) in [7, 11) is 0. The third kappa shape index (κ3) is 5.08. The van der Waals surface area contributed by atoms with Crippen LogP contribution in [0.25, 0.3) is 0 Å². The number of anilines is 1. The Morgan fingerprint density at radius 1 is 1.26 bits per heavy atom. The molecule has 0 radical (unpaired) electrons. The minimum atomic E-state index is -1.05. The molecule has 126 valence electrons. The molecule has 2 N–H and O–H groups in total. The van der Waals surface area contributed by atoms with E-state index in [1.165, 1.54) is 12.4 Å². The number of carbonyl (C=O) groups excluding carboxylic acids is 1. The van der Waals surface area contributed by atoms with Crippen molar-refractivity contribution in [2.75, 3.05) is 18.4 Å². The van der Waals surface area contributed by atoms with Gasteiger partial charge in [0.15, 0.2) is 0 Å². The van der Waals surface area contributed by atoms with Crippen LogP contribution in [0.1, 0.15) is 44.0 Å². The Morgan fingerprint density at radius 3 is 2.30 bits per heavy atom. The normalized spacial score (nSPS) is 16.0. The van der Waals surface area contributed by atoms with Crippen LogP contribution in [0.15, 0.2) is 12.4 Å². The lowest BCUT2D eigenvalue weighted by Crippen LogP contribution is -2.44. The van der Waals surface area contributed by atoms with Gasteiger partial charge in [0, 0.05) is 31.5 Å². The smallest absolute Gasteiger partial charge is 0.410 e. The predicted molar refractivity (Wildman–Crippen MR) is 83.4 cm³/mol. The minimum Gasteiger partial charge on any atom is -0.478 e. The summed E-state index contributed by atoms with van der Waals surface area (Å²) < 4.78 is 5.35. The van der Waals surface area contributed by atoms with Crippen LogP contribution in [0.4, 0.5) is 10.7 Å². The first-order chi connectivity index (χ1) is 10.7. The highest BCUT2D eigenvalue weighted by atomic mass is 16.6. The van der Waals surface area contributed by atoms with Gasteiger partial charge in [-0.2, -0.15) is 0 Å². The molecule has 23 heavy (non-hydrogen) atoms. The van der Waals surface area contributed by atoms with E-state index in [0.29, 0.717) is 19.0 Å². The number of carboxylic acids is 1. The summed E-state index contributed by atoms with van der Waals surface area (Å²) >= 11 is 0. The first kappa shape index (κ1) is 17.0. The van der Waals surface area contributed by atoms with Gasteiger partial charge in [0.05, 0.1) is 5.56 Å². The average molecular weight is 322 g/mol. The van der Waals surface area contributed by atoms with Crippen molar-refractivity contribution < 1.29 is 19.4 Å². The fourth-order valence-corrected chi connectivity index (χ4v) is 2.23. The first-order valence-electron chi connectivity index (χ1n) is 7.54. The maximum atomic E-state index is 12.0. The van der Waals surface area contributed by atoms with Crippen molar-refractivity contribution >= 4 is 18.0 Å². The first-order valence-corrected chi connectivity index (χ1v) is 7.54. The van der Waals surface area contributed by atoms with Gasteiger partial charge in [-0.05, 0) is 33.6 Å². The largest absolute Gasteiger partial charge is 0.478 e. The number of nitrogens with one attached hydrogen (secondary N) is 1. The number of hydrogen-bond donors (Lipinski definition) is 2. The van der Waals surface area contributed by atoms with Crippen LogP contribution < -0.4 is 5.32 Å². The number of ether oxygens (including phenoxy) is 1. The van der Waals surface area contributed by atoms with E-state index in [9.17, 15) is 9.59 Å². The summed E-state index contributed by atoms with van der Waals surface area (Å²) in [6.07, 6.45) is 3.76. The van der Waals surface area contributed by atoms with Gasteiger partial charge in [0.2, 0.25) is 5.95 Å². The molecule has 1 aliphatic rings. The molecule has 8 nitrogen and oxygen atoms in total. The van der Waals surface area contributed by atoms with Crippen molar-refractivity contribution in [3.63, 3.8) is 0 Å². The van der Waals surface area contributed by atoms with E-state index < -0.39 is 11.6 Å². The summed E-state index contributed by atoms with van der Waals surface area (Å²) in [5, 5.41) is 12.0. The van der Waals surface area contributed by atoms with Crippen LogP contribution >= 0.6 is 0 Å². The number of rotatable bonds is 3. The molecule has 0 aromatic carbocycles. The molecule has 0 atom stereocenters. The number of hydrogen-bond acceptors (Lipinski definition) is 6. The zero-order valence-electron chi connectivity index (χ0n) is 13.6. The van der Waals surface area contributed by atoms with Gasteiger partial charge in [-0.1, -0.05) is 0 Å². The van der Waals surface area contributed by atoms with Crippen LogP contribution in [-0.4, -0.2) is 56.8 Å². The lowest BCUT2D eigenvalue weighted by molar-refractivity contribution is 0.0210. The van der Waals surface area contributed by atoms with Crippen LogP contribution in [0.3, 0.4) is 0 Å². The molecule has 1 aromatic heterocycles. The Morgan fingerprint density at radius 2 is 1.83 bits per heavy atom. The SMILES string of the molecule is CC(C)(C)OC(=O)N1CCC(Nc2ncc(C(=O)O)cn2)CC1. The average Bonchev–Trinajstić information content (AvgIpc) is 2.46. The summed E-state index contributed by atoms with van der Waals surface area (Å²) in [4.78, 5) is 32.4. The summed E-state index contributed by atoms with van der Waals surface area (Å²) in [6, 6.07) is 0.143. The number of likely N-dealkylation sites (tertiary alicyclic amines) is 1. The van der Waals surface area contributed by atoms with Crippen LogP contribution in [0.2, 0.25) is 0 Å². The number of aromatic nitrogens is 2. The predicted octanol–water partition coefficient (Wildman–Crippen LogP) is 1.99. The van der Waals surface area contributed by atoms with Crippen LogP contribution in [0.5, 0.6) is 0 Å². The van der Waals surface area contributed by atoms with Crippen molar-refractivity contribution in [3.8, 4) is 0 Å². The van der Waals surface area contributed by atoms with Crippen LogP contribution in [-0.2, 0) is 4.74 Å². The summed E-state index contributed by atoms with van der Waals surface area (Å²) in [5.41, 5.74) is -0.443. The molecule has 2 heterocycles. The van der Waals surface area contributed by atoms with Gasteiger partial charge < -0.3 is 20.1 Å². The van der Waals surface area contributed by atoms with E-state index in [1.54, 1.807) is 4.90 Å². The molecule has 1 fully saturated rings. The zero-order chi connectivity index (χ0) is 17.0. The maximum Gasteiger partial charge on any atom is 0.410 e. The van der Waals surface area contributed by atoms with Gasteiger partial charge in [-0.25, -0.2) is 19.6 Å². The number of amides is 1. The molecule has 1 amide bonds. The highest BCUT2D eigenvalue weighted by Crippen LogP contribution is 2.17. The highest BCUT2D eigenvalue weighted by Gasteiger charge is 2.27. The molecule has 2 rings (SSSR count). The molecule has 0 aliphatic carbocycles. The molecule has 1 aliphatic heterocycles. The lowest BCUT2D eigenvalue weighted by atomic mass is 10.1. The van der Waals surface area contributed by atoms with Gasteiger partial charge >= 0.3 is 12.1 Å². The molecule has 0 bridgehead atoms. The monoisotopic (exact) mass is 322 g/mol. The fourth-order valence-electron chi connectivity index (χ4n) is 2.23. The Kier molecular flexibility index (Phi) is 5.02.